The number of aliphatic hydroxyl groups is 1. The molecule has 1 saturated heterocycles. The molecule has 0 amide bonds. The van der Waals surface area contributed by atoms with Crippen molar-refractivity contribution in [3.63, 3.8) is 0 Å². The van der Waals surface area contributed by atoms with Crippen LogP contribution in [0.5, 0.6) is 5.75 Å². The molecule has 0 atom stereocenters. The number of nitrogens with zero attached hydrogens (tertiary/aromatic N) is 1. The van der Waals surface area contributed by atoms with Crippen molar-refractivity contribution in [3.05, 3.63) is 29.8 Å². The maximum Gasteiger partial charge on any atom is 0.573 e. The Kier molecular flexibility index (Phi) is 4.78. The van der Waals surface area contributed by atoms with Crippen LogP contribution in [-0.4, -0.2) is 43.1 Å². The second kappa shape index (κ2) is 6.23. The fourth-order valence-corrected chi connectivity index (χ4v) is 2.77. The van der Waals surface area contributed by atoms with Crippen LogP contribution in [0.15, 0.2) is 24.3 Å². The number of likely N-dealkylation sites (tertiary alicyclic amines) is 1. The number of hydrogen-bond acceptors (Lipinski definition) is 3. The maximum absolute atomic E-state index is 12.2. The van der Waals surface area contributed by atoms with Crippen LogP contribution < -0.4 is 4.74 Å². The van der Waals surface area contributed by atoms with E-state index in [0.29, 0.717) is 6.42 Å². The summed E-state index contributed by atoms with van der Waals surface area (Å²) in [5.41, 5.74) is 0.513. The Balaban J connectivity index is 2.09. The van der Waals surface area contributed by atoms with Gasteiger partial charge in [0.15, 0.2) is 0 Å². The predicted octanol–water partition coefficient (Wildman–Crippen LogP) is 2.83. The molecule has 0 radical (unpaired) electrons. The zero-order valence-corrected chi connectivity index (χ0v) is 12.0. The molecule has 1 aromatic carbocycles. The number of halogens is 3. The molecule has 0 aromatic heterocycles. The molecule has 2 rings (SSSR count). The average molecular weight is 303 g/mol. The van der Waals surface area contributed by atoms with Crippen LogP contribution in [0, 0.1) is 5.41 Å². The third-order valence-electron chi connectivity index (χ3n) is 4.09. The monoisotopic (exact) mass is 303 g/mol. The summed E-state index contributed by atoms with van der Waals surface area (Å²) in [7, 11) is 2.03. The van der Waals surface area contributed by atoms with E-state index in [4.69, 9.17) is 0 Å². The van der Waals surface area contributed by atoms with Crippen LogP contribution in [0.25, 0.3) is 0 Å². The number of ether oxygens (including phenoxy) is 1. The number of rotatable bonds is 4. The Morgan fingerprint density at radius 1 is 1.29 bits per heavy atom. The largest absolute Gasteiger partial charge is 0.573 e. The van der Waals surface area contributed by atoms with E-state index in [1.54, 1.807) is 12.1 Å². The van der Waals surface area contributed by atoms with Gasteiger partial charge in [-0.1, -0.05) is 12.1 Å². The van der Waals surface area contributed by atoms with Gasteiger partial charge in [-0.3, -0.25) is 0 Å². The van der Waals surface area contributed by atoms with Crippen molar-refractivity contribution in [1.82, 2.24) is 4.90 Å². The first-order valence-corrected chi connectivity index (χ1v) is 6.96. The molecular weight excluding hydrogens is 283 g/mol. The molecule has 6 heteroatoms. The van der Waals surface area contributed by atoms with E-state index in [0.717, 1.165) is 31.5 Å². The quantitative estimate of drug-likeness (QED) is 0.928. The molecule has 1 aliphatic heterocycles. The smallest absolute Gasteiger partial charge is 0.406 e. The van der Waals surface area contributed by atoms with Gasteiger partial charge in [0.1, 0.15) is 5.75 Å². The zero-order chi connectivity index (χ0) is 15.5. The summed E-state index contributed by atoms with van der Waals surface area (Å²) in [6, 6.07) is 6.02. The van der Waals surface area contributed by atoms with Crippen molar-refractivity contribution >= 4 is 0 Å². The lowest BCUT2D eigenvalue weighted by Crippen LogP contribution is -2.41. The second-order valence-corrected chi connectivity index (χ2v) is 5.83. The van der Waals surface area contributed by atoms with Gasteiger partial charge in [-0.15, -0.1) is 13.2 Å². The second-order valence-electron chi connectivity index (χ2n) is 5.83. The minimum atomic E-state index is -4.68. The predicted molar refractivity (Wildman–Crippen MR) is 73.1 cm³/mol. The molecule has 118 valence electrons. The zero-order valence-electron chi connectivity index (χ0n) is 12.0. The Labute approximate surface area is 122 Å². The number of piperidine rings is 1. The summed E-state index contributed by atoms with van der Waals surface area (Å²) in [5, 5.41) is 9.72. The summed E-state index contributed by atoms with van der Waals surface area (Å²) in [6.07, 6.45) is -2.44. The molecule has 21 heavy (non-hydrogen) atoms. The van der Waals surface area contributed by atoms with Gasteiger partial charge in [-0.25, -0.2) is 0 Å². The third-order valence-corrected chi connectivity index (χ3v) is 4.09. The van der Waals surface area contributed by atoms with Gasteiger partial charge >= 0.3 is 6.36 Å². The Bertz CT molecular complexity index is 468. The fourth-order valence-electron chi connectivity index (χ4n) is 2.77. The molecule has 1 heterocycles. The fraction of sp³-hybridized carbons (Fsp3) is 0.600. The van der Waals surface area contributed by atoms with Crippen molar-refractivity contribution in [2.75, 3.05) is 26.7 Å². The van der Waals surface area contributed by atoms with Crippen LogP contribution in [0.3, 0.4) is 0 Å². The summed E-state index contributed by atoms with van der Waals surface area (Å²) >= 11 is 0. The molecule has 1 fully saturated rings. The highest BCUT2D eigenvalue weighted by atomic mass is 19.4. The highest BCUT2D eigenvalue weighted by Gasteiger charge is 2.34. The normalized spacial score (nSPS) is 19.5. The standard InChI is InChI=1S/C15H20F3NO2/c1-19-7-5-14(11-20,6-8-19)10-12-3-2-4-13(9-12)21-15(16,17)18/h2-4,9,20H,5-8,10-11H2,1H3. The molecule has 0 saturated carbocycles. The summed E-state index contributed by atoms with van der Waals surface area (Å²) in [6.45, 7) is 1.82. The van der Waals surface area contributed by atoms with Crippen LogP contribution in [0.4, 0.5) is 13.2 Å². The van der Waals surface area contributed by atoms with Gasteiger partial charge < -0.3 is 14.7 Å². The maximum atomic E-state index is 12.2. The molecule has 3 nitrogen and oxygen atoms in total. The SMILES string of the molecule is CN1CCC(CO)(Cc2cccc(OC(F)(F)F)c2)CC1. The third kappa shape index (κ3) is 4.61. The van der Waals surface area contributed by atoms with Gasteiger partial charge in [0.25, 0.3) is 0 Å². The van der Waals surface area contributed by atoms with Gasteiger partial charge in [-0.05, 0) is 62.5 Å². The van der Waals surface area contributed by atoms with Gasteiger partial charge in [0, 0.05) is 6.61 Å². The molecule has 1 aromatic rings. The lowest BCUT2D eigenvalue weighted by molar-refractivity contribution is -0.274. The Morgan fingerprint density at radius 2 is 1.95 bits per heavy atom. The Hall–Kier alpha value is -1.27. The highest BCUT2D eigenvalue weighted by Crippen LogP contribution is 2.35. The summed E-state index contributed by atoms with van der Waals surface area (Å²) in [4.78, 5) is 2.19. The van der Waals surface area contributed by atoms with Gasteiger partial charge in [-0.2, -0.15) is 0 Å². The van der Waals surface area contributed by atoms with E-state index in [1.807, 2.05) is 7.05 Å². The van der Waals surface area contributed by atoms with Crippen LogP contribution >= 0.6 is 0 Å². The minimum absolute atomic E-state index is 0.0468. The van der Waals surface area contributed by atoms with Crippen molar-refractivity contribution < 1.29 is 23.0 Å². The topological polar surface area (TPSA) is 32.7 Å². The lowest BCUT2D eigenvalue weighted by atomic mass is 9.74. The van der Waals surface area contributed by atoms with Crippen LogP contribution in [-0.2, 0) is 6.42 Å². The van der Waals surface area contributed by atoms with E-state index in [1.165, 1.54) is 12.1 Å². The molecule has 0 spiro atoms. The van der Waals surface area contributed by atoms with Gasteiger partial charge in [0.2, 0.25) is 0 Å². The molecule has 1 aliphatic rings. The first-order chi connectivity index (χ1) is 9.82. The van der Waals surface area contributed by atoms with Crippen molar-refractivity contribution in [1.29, 1.82) is 0 Å². The van der Waals surface area contributed by atoms with E-state index in [2.05, 4.69) is 9.64 Å². The average Bonchev–Trinajstić information content (AvgIpc) is 2.40. The van der Waals surface area contributed by atoms with Crippen LogP contribution in [0.1, 0.15) is 18.4 Å². The Morgan fingerprint density at radius 3 is 2.52 bits per heavy atom. The highest BCUT2D eigenvalue weighted by molar-refractivity contribution is 5.29. The first kappa shape index (κ1) is 16.1. The molecule has 0 unspecified atom stereocenters. The van der Waals surface area contributed by atoms with Crippen molar-refractivity contribution in [2.24, 2.45) is 5.41 Å². The van der Waals surface area contributed by atoms with E-state index < -0.39 is 6.36 Å². The number of hydrogen-bond donors (Lipinski definition) is 1. The van der Waals surface area contributed by atoms with Gasteiger partial charge in [0.05, 0.1) is 0 Å². The number of aliphatic hydroxyl groups excluding tert-OH is 1. The molecule has 0 aliphatic carbocycles. The van der Waals surface area contributed by atoms with E-state index in [9.17, 15) is 18.3 Å². The van der Waals surface area contributed by atoms with E-state index >= 15 is 0 Å². The summed E-state index contributed by atoms with van der Waals surface area (Å²) < 4.78 is 40.7. The summed E-state index contributed by atoms with van der Waals surface area (Å²) in [5.74, 6) is -0.207. The first-order valence-electron chi connectivity index (χ1n) is 6.96. The van der Waals surface area contributed by atoms with Crippen molar-refractivity contribution in [3.8, 4) is 5.75 Å². The minimum Gasteiger partial charge on any atom is -0.406 e. The molecule has 1 N–H and O–H groups in total. The number of benzene rings is 1. The molecular formula is C15H20F3NO2. The van der Waals surface area contributed by atoms with E-state index in [-0.39, 0.29) is 17.8 Å². The van der Waals surface area contributed by atoms with Crippen LogP contribution in [0.2, 0.25) is 0 Å². The number of alkyl halides is 3. The lowest BCUT2D eigenvalue weighted by Gasteiger charge is -2.39. The van der Waals surface area contributed by atoms with Crippen molar-refractivity contribution in [2.45, 2.75) is 25.6 Å². The molecule has 0 bridgehead atoms.